The molecule has 0 amide bonds. The van der Waals surface area contributed by atoms with Crippen molar-refractivity contribution in [2.75, 3.05) is 152 Å². The van der Waals surface area contributed by atoms with Gasteiger partial charge in [-0.25, -0.2) is 0 Å². The van der Waals surface area contributed by atoms with Crippen LogP contribution in [0.4, 0.5) is 0 Å². The van der Waals surface area contributed by atoms with E-state index in [2.05, 4.69) is 0 Å². The first-order valence-electron chi connectivity index (χ1n) is 13.7. The van der Waals surface area contributed by atoms with Crippen molar-refractivity contribution in [3.8, 4) is 0 Å². The summed E-state index contributed by atoms with van der Waals surface area (Å²) in [7, 11) is 1.64. The van der Waals surface area contributed by atoms with E-state index in [0.29, 0.717) is 145 Å². The van der Waals surface area contributed by atoms with E-state index in [9.17, 15) is 4.79 Å². The fourth-order valence-electron chi connectivity index (χ4n) is 2.61. The van der Waals surface area contributed by atoms with Crippen LogP contribution in [0.3, 0.4) is 0 Å². The monoisotopic (exact) mass is 572 g/mol. The Morgan fingerprint density at radius 3 is 0.846 bits per heavy atom. The van der Waals surface area contributed by atoms with Crippen molar-refractivity contribution in [2.24, 2.45) is 0 Å². The first-order valence-corrected chi connectivity index (χ1v) is 13.7. The van der Waals surface area contributed by atoms with Crippen molar-refractivity contribution in [3.63, 3.8) is 0 Å². The van der Waals surface area contributed by atoms with Crippen LogP contribution in [0.2, 0.25) is 0 Å². The average molecular weight is 573 g/mol. The summed E-state index contributed by atoms with van der Waals surface area (Å²) in [5.74, 6) is -0.250. The molecule has 0 saturated heterocycles. The van der Waals surface area contributed by atoms with Crippen molar-refractivity contribution in [2.45, 2.75) is 13.3 Å². The summed E-state index contributed by atoms with van der Waals surface area (Å²) in [6, 6.07) is 0. The minimum atomic E-state index is -0.250. The highest BCUT2D eigenvalue weighted by Gasteiger charge is 2.00. The number of hydrogen-bond donors (Lipinski definition) is 0. The molecule has 39 heavy (non-hydrogen) atoms. The Balaban J connectivity index is 3.04. The maximum atomic E-state index is 11.1. The zero-order valence-corrected chi connectivity index (χ0v) is 24.1. The van der Waals surface area contributed by atoms with E-state index in [1.807, 2.05) is 0 Å². The zero-order valence-electron chi connectivity index (χ0n) is 24.1. The molecule has 0 bridgehead atoms. The van der Waals surface area contributed by atoms with E-state index in [4.69, 9.17) is 56.8 Å². The van der Waals surface area contributed by atoms with E-state index in [1.54, 1.807) is 14.0 Å². The number of hydrogen-bond acceptors (Lipinski definition) is 13. The van der Waals surface area contributed by atoms with Crippen LogP contribution in [0.5, 0.6) is 0 Å². The first-order chi connectivity index (χ1) is 19.3. The van der Waals surface area contributed by atoms with Crippen LogP contribution in [-0.4, -0.2) is 158 Å². The lowest BCUT2D eigenvalue weighted by Crippen LogP contribution is -2.15. The number of methoxy groups -OCH3 is 1. The van der Waals surface area contributed by atoms with Gasteiger partial charge in [0.15, 0.2) is 0 Å². The second-order valence-corrected chi connectivity index (χ2v) is 7.67. The molecule has 0 aliphatic heterocycles. The SMILES string of the molecule is CCOC(=O)CCOCCOCCOCCOCCOCCOCCOCCOCCOCCOCCOC. The van der Waals surface area contributed by atoms with Crippen LogP contribution in [-0.2, 0) is 61.6 Å². The molecule has 0 spiro atoms. The molecule has 0 N–H and O–H groups in total. The van der Waals surface area contributed by atoms with E-state index in [0.717, 1.165) is 0 Å². The smallest absolute Gasteiger partial charge is 0.308 e. The molecule has 0 aliphatic carbocycles. The zero-order chi connectivity index (χ0) is 28.3. The molecule has 0 aromatic rings. The lowest BCUT2D eigenvalue weighted by atomic mass is 10.5. The average Bonchev–Trinajstić information content (AvgIpc) is 2.94. The lowest BCUT2D eigenvalue weighted by Gasteiger charge is -2.09. The molecule has 234 valence electrons. The minimum absolute atomic E-state index is 0.250. The summed E-state index contributed by atoms with van der Waals surface area (Å²) in [5.41, 5.74) is 0. The number of esters is 1. The van der Waals surface area contributed by atoms with Crippen LogP contribution < -0.4 is 0 Å². The third kappa shape index (κ3) is 35.0. The summed E-state index contributed by atoms with van der Waals surface area (Å²) in [4.78, 5) is 11.1. The highest BCUT2D eigenvalue weighted by Crippen LogP contribution is 1.89. The third-order valence-corrected chi connectivity index (χ3v) is 4.54. The first kappa shape index (κ1) is 38.0. The Morgan fingerprint density at radius 1 is 0.385 bits per heavy atom. The number of carbonyl (C=O) groups excluding carboxylic acids is 1. The second-order valence-electron chi connectivity index (χ2n) is 7.67. The molecule has 0 aliphatic rings. The molecule has 13 heteroatoms. The molecular formula is C26H52O13. The van der Waals surface area contributed by atoms with Gasteiger partial charge in [-0.2, -0.15) is 0 Å². The van der Waals surface area contributed by atoms with Gasteiger partial charge in [0.05, 0.1) is 152 Å². The minimum Gasteiger partial charge on any atom is -0.466 e. The standard InChI is InChI=1S/C26H52O13/c1-3-39-26(27)4-5-29-8-9-31-12-13-33-16-17-35-20-21-37-24-25-38-23-22-36-19-18-34-15-14-32-11-10-30-7-6-28-2/h3-25H2,1-2H3. The largest absolute Gasteiger partial charge is 0.466 e. The Kier molecular flexibility index (Phi) is 34.2. The molecule has 0 rings (SSSR count). The summed E-state index contributed by atoms with van der Waals surface area (Å²) in [6.45, 7) is 12.7. The predicted octanol–water partition coefficient (Wildman–Crippen LogP) is 0.752. The van der Waals surface area contributed by atoms with Gasteiger partial charge < -0.3 is 56.8 Å². The van der Waals surface area contributed by atoms with Crippen LogP contribution in [0.25, 0.3) is 0 Å². The van der Waals surface area contributed by atoms with Gasteiger partial charge in [0.25, 0.3) is 0 Å². The fraction of sp³-hybridized carbons (Fsp3) is 0.962. The number of rotatable bonds is 34. The molecule has 0 unspecified atom stereocenters. The summed E-state index contributed by atoms with van der Waals surface area (Å²) >= 11 is 0. The van der Waals surface area contributed by atoms with Crippen molar-refractivity contribution in [1.82, 2.24) is 0 Å². The molecule has 0 atom stereocenters. The Morgan fingerprint density at radius 2 is 0.615 bits per heavy atom. The number of carbonyl (C=O) groups is 1. The predicted molar refractivity (Wildman–Crippen MR) is 141 cm³/mol. The van der Waals surface area contributed by atoms with Gasteiger partial charge in [0.2, 0.25) is 0 Å². The molecule has 0 radical (unpaired) electrons. The molecular weight excluding hydrogens is 520 g/mol. The summed E-state index contributed by atoms with van der Waals surface area (Å²) in [6.07, 6.45) is 0.258. The lowest BCUT2D eigenvalue weighted by molar-refractivity contribution is -0.144. The molecule has 0 aromatic heterocycles. The highest BCUT2D eigenvalue weighted by molar-refractivity contribution is 5.69. The normalized spacial score (nSPS) is 11.3. The van der Waals surface area contributed by atoms with Crippen LogP contribution in [0, 0.1) is 0 Å². The maximum Gasteiger partial charge on any atom is 0.308 e. The molecule has 0 aromatic carbocycles. The van der Waals surface area contributed by atoms with Gasteiger partial charge in [-0.15, -0.1) is 0 Å². The van der Waals surface area contributed by atoms with Gasteiger partial charge in [-0.3, -0.25) is 4.79 Å². The fourth-order valence-corrected chi connectivity index (χ4v) is 2.61. The van der Waals surface area contributed by atoms with Crippen molar-refractivity contribution < 1.29 is 61.6 Å². The van der Waals surface area contributed by atoms with E-state index >= 15 is 0 Å². The van der Waals surface area contributed by atoms with Crippen molar-refractivity contribution >= 4 is 5.97 Å². The van der Waals surface area contributed by atoms with Crippen LogP contribution in [0.15, 0.2) is 0 Å². The van der Waals surface area contributed by atoms with Crippen LogP contribution >= 0.6 is 0 Å². The van der Waals surface area contributed by atoms with Gasteiger partial charge in [0, 0.05) is 7.11 Å². The van der Waals surface area contributed by atoms with Crippen molar-refractivity contribution in [3.05, 3.63) is 0 Å². The van der Waals surface area contributed by atoms with Gasteiger partial charge in [-0.1, -0.05) is 0 Å². The van der Waals surface area contributed by atoms with E-state index in [1.165, 1.54) is 0 Å². The third-order valence-electron chi connectivity index (χ3n) is 4.54. The maximum absolute atomic E-state index is 11.1. The van der Waals surface area contributed by atoms with Gasteiger partial charge in [-0.05, 0) is 6.92 Å². The Bertz CT molecular complexity index is 471. The summed E-state index contributed by atoms with van der Waals surface area (Å²) < 4.78 is 63.7. The van der Waals surface area contributed by atoms with Crippen LogP contribution in [0.1, 0.15) is 13.3 Å². The van der Waals surface area contributed by atoms with Gasteiger partial charge >= 0.3 is 5.97 Å². The highest BCUT2D eigenvalue weighted by atomic mass is 16.6. The van der Waals surface area contributed by atoms with E-state index < -0.39 is 0 Å². The molecule has 0 heterocycles. The second kappa shape index (κ2) is 35.1. The molecule has 0 fully saturated rings. The Labute approximate surface area is 233 Å². The molecule has 13 nitrogen and oxygen atoms in total. The summed E-state index contributed by atoms with van der Waals surface area (Å²) in [5, 5.41) is 0. The van der Waals surface area contributed by atoms with Gasteiger partial charge in [0.1, 0.15) is 0 Å². The quantitative estimate of drug-likeness (QED) is 0.0795. The van der Waals surface area contributed by atoms with Crippen molar-refractivity contribution in [1.29, 1.82) is 0 Å². The van der Waals surface area contributed by atoms with E-state index in [-0.39, 0.29) is 12.4 Å². The number of ether oxygens (including phenoxy) is 12. The topological polar surface area (TPSA) is 128 Å². The molecule has 0 saturated carbocycles. The Hall–Kier alpha value is -0.970.